The summed E-state index contributed by atoms with van der Waals surface area (Å²) in [6.07, 6.45) is 0.201. The van der Waals surface area contributed by atoms with Crippen molar-refractivity contribution in [3.05, 3.63) is 40.6 Å². The van der Waals surface area contributed by atoms with Crippen LogP contribution in [0.2, 0.25) is 0 Å². The van der Waals surface area contributed by atoms with Crippen LogP contribution in [0.5, 0.6) is 5.75 Å². The molecule has 1 aliphatic carbocycles. The average molecular weight is 455 g/mol. The number of nitrogens with one attached hydrogen (secondary N) is 1. The molecule has 1 aromatic carbocycles. The van der Waals surface area contributed by atoms with Crippen molar-refractivity contribution >= 4 is 23.2 Å². The van der Waals surface area contributed by atoms with E-state index in [1.807, 2.05) is 0 Å². The molecule has 31 heavy (non-hydrogen) atoms. The summed E-state index contributed by atoms with van der Waals surface area (Å²) in [6, 6.07) is 7.34. The van der Waals surface area contributed by atoms with Crippen molar-refractivity contribution in [3.8, 4) is 16.9 Å². The molecule has 9 heteroatoms. The molecular weight excluding hydrogens is 431 g/mol. The lowest BCUT2D eigenvalue weighted by atomic mass is 9.83. The number of carbonyl (C=O) groups excluding carboxylic acids is 2. The van der Waals surface area contributed by atoms with Crippen LogP contribution in [0.15, 0.2) is 35.7 Å². The Morgan fingerprint density at radius 3 is 2.58 bits per heavy atom. The van der Waals surface area contributed by atoms with Gasteiger partial charge in [-0.25, -0.2) is 0 Å². The first-order valence-electron chi connectivity index (χ1n) is 10.1. The molecule has 1 aliphatic rings. The number of carbonyl (C=O) groups is 2. The maximum atomic E-state index is 12.7. The zero-order chi connectivity index (χ0) is 22.4. The second-order valence-electron chi connectivity index (χ2n) is 7.59. The van der Waals surface area contributed by atoms with Crippen molar-refractivity contribution in [3.63, 3.8) is 0 Å². The number of hydrogen-bond acceptors (Lipinski definition) is 5. The SMILES string of the molecule is COC(=O)CC[C@@H]1CCC[C@@H](NC(=O)c2cc(-c3ccc(OC(F)(F)F)cc3)cs2)C1. The average Bonchev–Trinajstić information content (AvgIpc) is 3.22. The summed E-state index contributed by atoms with van der Waals surface area (Å²) in [6.45, 7) is 0. The second kappa shape index (κ2) is 10.2. The van der Waals surface area contributed by atoms with E-state index in [4.69, 9.17) is 4.74 Å². The Hall–Kier alpha value is -2.55. The minimum Gasteiger partial charge on any atom is -0.469 e. The van der Waals surface area contributed by atoms with Crippen molar-refractivity contribution in [2.45, 2.75) is 50.9 Å². The molecule has 1 amide bonds. The number of amides is 1. The van der Waals surface area contributed by atoms with Gasteiger partial charge in [-0.1, -0.05) is 25.0 Å². The predicted molar refractivity (Wildman–Crippen MR) is 111 cm³/mol. The van der Waals surface area contributed by atoms with E-state index in [1.165, 1.54) is 42.7 Å². The van der Waals surface area contributed by atoms with Crippen molar-refractivity contribution in [2.24, 2.45) is 5.92 Å². The number of alkyl halides is 3. The zero-order valence-electron chi connectivity index (χ0n) is 17.0. The minimum absolute atomic E-state index is 0.0632. The van der Waals surface area contributed by atoms with Crippen molar-refractivity contribution in [2.75, 3.05) is 7.11 Å². The number of methoxy groups -OCH3 is 1. The molecule has 1 heterocycles. The molecule has 1 N–H and O–H groups in total. The third-order valence-corrected chi connectivity index (χ3v) is 6.28. The zero-order valence-corrected chi connectivity index (χ0v) is 17.9. The Morgan fingerprint density at radius 1 is 1.16 bits per heavy atom. The van der Waals surface area contributed by atoms with Crippen molar-refractivity contribution in [1.82, 2.24) is 5.32 Å². The Morgan fingerprint density at radius 2 is 1.90 bits per heavy atom. The first-order valence-corrected chi connectivity index (χ1v) is 10.9. The summed E-state index contributed by atoms with van der Waals surface area (Å²) in [5.74, 6) is -0.278. The summed E-state index contributed by atoms with van der Waals surface area (Å²) in [5.41, 5.74) is 1.46. The van der Waals surface area contributed by atoms with Gasteiger partial charge in [0.2, 0.25) is 0 Å². The number of esters is 1. The summed E-state index contributed by atoms with van der Waals surface area (Å²) in [7, 11) is 1.38. The molecule has 1 fully saturated rings. The highest BCUT2D eigenvalue weighted by Crippen LogP contribution is 2.31. The van der Waals surface area contributed by atoms with Crippen LogP contribution in [0.1, 0.15) is 48.2 Å². The molecule has 2 atom stereocenters. The fraction of sp³-hybridized carbons (Fsp3) is 0.455. The summed E-state index contributed by atoms with van der Waals surface area (Å²) >= 11 is 1.29. The quantitative estimate of drug-likeness (QED) is 0.556. The molecule has 1 saturated carbocycles. The molecule has 2 aromatic rings. The van der Waals surface area contributed by atoms with Gasteiger partial charge in [0.1, 0.15) is 5.75 Å². The van der Waals surface area contributed by atoms with Gasteiger partial charge < -0.3 is 14.8 Å². The number of benzene rings is 1. The number of hydrogen-bond donors (Lipinski definition) is 1. The maximum Gasteiger partial charge on any atom is 0.573 e. The van der Waals surface area contributed by atoms with Crippen LogP contribution in [0, 0.1) is 5.92 Å². The van der Waals surface area contributed by atoms with Gasteiger partial charge >= 0.3 is 12.3 Å². The van der Waals surface area contributed by atoms with E-state index in [-0.39, 0.29) is 23.7 Å². The van der Waals surface area contributed by atoms with E-state index in [2.05, 4.69) is 10.1 Å². The number of halogens is 3. The highest BCUT2D eigenvalue weighted by Gasteiger charge is 2.31. The van der Waals surface area contributed by atoms with E-state index in [9.17, 15) is 22.8 Å². The van der Waals surface area contributed by atoms with Gasteiger partial charge in [-0.15, -0.1) is 24.5 Å². The molecule has 1 aromatic heterocycles. The van der Waals surface area contributed by atoms with E-state index < -0.39 is 6.36 Å². The highest BCUT2D eigenvalue weighted by molar-refractivity contribution is 7.12. The predicted octanol–water partition coefficient (Wildman–Crippen LogP) is 5.56. The van der Waals surface area contributed by atoms with Crippen molar-refractivity contribution in [1.29, 1.82) is 0 Å². The topological polar surface area (TPSA) is 64.6 Å². The number of ether oxygens (including phenoxy) is 2. The summed E-state index contributed by atoms with van der Waals surface area (Å²) < 4.78 is 45.4. The normalized spacial score (nSPS) is 19.0. The van der Waals surface area contributed by atoms with Gasteiger partial charge in [0.05, 0.1) is 12.0 Å². The van der Waals surface area contributed by atoms with E-state index in [0.29, 0.717) is 22.8 Å². The second-order valence-corrected chi connectivity index (χ2v) is 8.50. The first kappa shape index (κ1) is 23.1. The first-order chi connectivity index (χ1) is 14.7. The molecule has 0 bridgehead atoms. The molecule has 0 aliphatic heterocycles. The Labute approximate surface area is 182 Å². The summed E-state index contributed by atoms with van der Waals surface area (Å²) in [4.78, 5) is 24.6. The van der Waals surface area contributed by atoms with Gasteiger partial charge in [0, 0.05) is 12.5 Å². The van der Waals surface area contributed by atoms with Crippen LogP contribution in [-0.2, 0) is 9.53 Å². The molecular formula is C22H24F3NO4S. The lowest BCUT2D eigenvalue weighted by Crippen LogP contribution is -2.38. The lowest BCUT2D eigenvalue weighted by Gasteiger charge is -2.29. The van der Waals surface area contributed by atoms with Crippen LogP contribution in [0.3, 0.4) is 0 Å². The fourth-order valence-corrected chi connectivity index (χ4v) is 4.64. The van der Waals surface area contributed by atoms with Crippen LogP contribution in [0.25, 0.3) is 11.1 Å². The minimum atomic E-state index is -4.73. The maximum absolute atomic E-state index is 12.7. The molecule has 0 saturated heterocycles. The van der Waals surface area contributed by atoms with Crippen LogP contribution in [-0.4, -0.2) is 31.4 Å². The third kappa shape index (κ3) is 6.99. The Balaban J connectivity index is 1.55. The molecule has 5 nitrogen and oxygen atoms in total. The smallest absolute Gasteiger partial charge is 0.469 e. The van der Waals surface area contributed by atoms with E-state index >= 15 is 0 Å². The number of thiophene rings is 1. The van der Waals surface area contributed by atoms with Crippen LogP contribution < -0.4 is 10.1 Å². The molecule has 3 rings (SSSR count). The van der Waals surface area contributed by atoms with Crippen molar-refractivity contribution < 1.29 is 32.2 Å². The molecule has 0 spiro atoms. The Kier molecular flexibility index (Phi) is 7.59. The van der Waals surface area contributed by atoms with E-state index in [0.717, 1.165) is 37.7 Å². The summed E-state index contributed by atoms with van der Waals surface area (Å²) in [5, 5.41) is 4.88. The molecule has 0 radical (unpaired) electrons. The monoisotopic (exact) mass is 455 g/mol. The van der Waals surface area contributed by atoms with Gasteiger partial charge in [-0.2, -0.15) is 0 Å². The van der Waals surface area contributed by atoms with Crippen LogP contribution >= 0.6 is 11.3 Å². The number of rotatable bonds is 7. The fourth-order valence-electron chi connectivity index (χ4n) is 3.82. The molecule has 168 valence electrons. The van der Waals surface area contributed by atoms with Crippen LogP contribution in [0.4, 0.5) is 13.2 Å². The van der Waals surface area contributed by atoms with Gasteiger partial charge in [0.25, 0.3) is 5.91 Å². The lowest BCUT2D eigenvalue weighted by molar-refractivity contribution is -0.274. The van der Waals surface area contributed by atoms with Gasteiger partial charge in [0.15, 0.2) is 0 Å². The standard InChI is InChI=1S/C22H24F3NO4S/c1-29-20(27)10-5-14-3-2-4-17(11-14)26-21(28)19-12-16(13-31-19)15-6-8-18(9-7-15)30-22(23,24)25/h6-9,12-14,17H,2-5,10-11H2,1H3,(H,26,28)/t14-,17+/m0/s1. The van der Waals surface area contributed by atoms with E-state index in [1.54, 1.807) is 11.4 Å². The Bertz CT molecular complexity index is 895. The molecule has 0 unspecified atom stereocenters. The third-order valence-electron chi connectivity index (χ3n) is 5.35. The highest BCUT2D eigenvalue weighted by atomic mass is 32.1. The largest absolute Gasteiger partial charge is 0.573 e. The van der Waals surface area contributed by atoms with Gasteiger partial charge in [-0.05, 0) is 59.9 Å². The van der Waals surface area contributed by atoms with Gasteiger partial charge in [-0.3, -0.25) is 9.59 Å².